The van der Waals surface area contributed by atoms with Gasteiger partial charge in [-0.2, -0.15) is 0 Å². The van der Waals surface area contributed by atoms with Crippen LogP contribution in [0.1, 0.15) is 36.0 Å². The standard InChI is InChI=1S/C18H19Cl2N3O/c19-14-5-6-15(20)16(12-14)22-18(24)13-7-8-21-17(11-13)23-9-3-1-2-4-10-23/h5-8,11-12H,1-4,9-10H2,(H,22,24). The normalized spacial score (nSPS) is 15.0. The molecule has 0 radical (unpaired) electrons. The lowest BCUT2D eigenvalue weighted by molar-refractivity contribution is 0.102. The number of halogens is 2. The number of nitrogens with zero attached hydrogens (tertiary/aromatic N) is 2. The Morgan fingerprint density at radius 1 is 1.04 bits per heavy atom. The number of hydrogen-bond acceptors (Lipinski definition) is 3. The highest BCUT2D eigenvalue weighted by atomic mass is 35.5. The molecule has 2 aromatic rings. The SMILES string of the molecule is O=C(Nc1cc(Cl)ccc1Cl)c1ccnc(N2CCCCCC2)c1. The topological polar surface area (TPSA) is 45.2 Å². The average Bonchev–Trinajstić information content (AvgIpc) is 2.87. The van der Waals surface area contributed by atoms with E-state index in [4.69, 9.17) is 23.2 Å². The van der Waals surface area contributed by atoms with Crippen LogP contribution in [0.15, 0.2) is 36.5 Å². The Kier molecular flexibility index (Phi) is 5.59. The second kappa shape index (κ2) is 7.86. The average molecular weight is 364 g/mol. The van der Waals surface area contributed by atoms with Crippen LogP contribution in [-0.2, 0) is 0 Å². The molecule has 1 N–H and O–H groups in total. The maximum Gasteiger partial charge on any atom is 0.255 e. The van der Waals surface area contributed by atoms with Gasteiger partial charge >= 0.3 is 0 Å². The van der Waals surface area contributed by atoms with Crippen LogP contribution in [-0.4, -0.2) is 24.0 Å². The third-order valence-corrected chi connectivity index (χ3v) is 4.68. The molecule has 0 unspecified atom stereocenters. The van der Waals surface area contributed by atoms with E-state index in [1.165, 1.54) is 12.8 Å². The molecular weight excluding hydrogens is 345 g/mol. The van der Waals surface area contributed by atoms with Crippen LogP contribution in [0.5, 0.6) is 0 Å². The monoisotopic (exact) mass is 363 g/mol. The molecule has 1 amide bonds. The number of amides is 1. The minimum Gasteiger partial charge on any atom is -0.357 e. The fourth-order valence-corrected chi connectivity index (χ4v) is 3.16. The van der Waals surface area contributed by atoms with Gasteiger partial charge in [0.2, 0.25) is 0 Å². The van der Waals surface area contributed by atoms with E-state index in [2.05, 4.69) is 15.2 Å². The summed E-state index contributed by atoms with van der Waals surface area (Å²) in [6, 6.07) is 8.52. The highest BCUT2D eigenvalue weighted by Crippen LogP contribution is 2.26. The van der Waals surface area contributed by atoms with Crippen molar-refractivity contribution in [3.05, 3.63) is 52.1 Å². The molecular formula is C18H19Cl2N3O. The second-order valence-electron chi connectivity index (χ2n) is 5.88. The van der Waals surface area contributed by atoms with Gasteiger partial charge in [0.15, 0.2) is 0 Å². The summed E-state index contributed by atoms with van der Waals surface area (Å²) in [7, 11) is 0. The lowest BCUT2D eigenvalue weighted by Crippen LogP contribution is -2.25. The molecule has 0 aliphatic carbocycles. The van der Waals surface area contributed by atoms with Crippen LogP contribution in [0.4, 0.5) is 11.5 Å². The van der Waals surface area contributed by atoms with Gasteiger partial charge in [0.05, 0.1) is 10.7 Å². The molecule has 1 fully saturated rings. The van der Waals surface area contributed by atoms with E-state index in [-0.39, 0.29) is 5.91 Å². The molecule has 1 aliphatic heterocycles. The molecule has 3 rings (SSSR count). The third-order valence-electron chi connectivity index (χ3n) is 4.11. The van der Waals surface area contributed by atoms with Crippen molar-refractivity contribution in [2.45, 2.75) is 25.7 Å². The summed E-state index contributed by atoms with van der Waals surface area (Å²) in [6.07, 6.45) is 6.51. The van der Waals surface area contributed by atoms with Crippen molar-refractivity contribution in [2.75, 3.05) is 23.3 Å². The van der Waals surface area contributed by atoms with Crippen LogP contribution < -0.4 is 10.2 Å². The van der Waals surface area contributed by atoms with Crippen LogP contribution in [0.3, 0.4) is 0 Å². The van der Waals surface area contributed by atoms with E-state index in [0.717, 1.165) is 31.7 Å². The quantitative estimate of drug-likeness (QED) is 0.832. The van der Waals surface area contributed by atoms with Gasteiger partial charge < -0.3 is 10.2 Å². The Morgan fingerprint density at radius 2 is 1.79 bits per heavy atom. The number of anilines is 2. The first kappa shape index (κ1) is 17.1. The van der Waals surface area contributed by atoms with Crippen molar-refractivity contribution >= 4 is 40.6 Å². The molecule has 0 bridgehead atoms. The van der Waals surface area contributed by atoms with Crippen molar-refractivity contribution in [3.63, 3.8) is 0 Å². The zero-order valence-electron chi connectivity index (χ0n) is 13.3. The molecule has 1 aliphatic rings. The number of hydrogen-bond donors (Lipinski definition) is 1. The van der Waals surface area contributed by atoms with Crippen LogP contribution in [0.25, 0.3) is 0 Å². The minimum absolute atomic E-state index is 0.224. The molecule has 4 nitrogen and oxygen atoms in total. The molecule has 1 saturated heterocycles. The maximum absolute atomic E-state index is 12.5. The first-order valence-electron chi connectivity index (χ1n) is 8.11. The zero-order valence-corrected chi connectivity index (χ0v) is 14.8. The predicted molar refractivity (Wildman–Crippen MR) is 99.3 cm³/mol. The third kappa shape index (κ3) is 4.19. The van der Waals surface area contributed by atoms with Gasteiger partial charge in [-0.15, -0.1) is 0 Å². The summed E-state index contributed by atoms with van der Waals surface area (Å²) in [4.78, 5) is 19.2. The molecule has 24 heavy (non-hydrogen) atoms. The Bertz CT molecular complexity index is 728. The van der Waals surface area contributed by atoms with Crippen molar-refractivity contribution in [1.82, 2.24) is 4.98 Å². The maximum atomic E-state index is 12.5. The highest BCUT2D eigenvalue weighted by Gasteiger charge is 2.14. The van der Waals surface area contributed by atoms with Gasteiger partial charge in [0.25, 0.3) is 5.91 Å². The zero-order chi connectivity index (χ0) is 16.9. The van der Waals surface area contributed by atoms with Crippen LogP contribution in [0, 0.1) is 0 Å². The number of pyridine rings is 1. The van der Waals surface area contributed by atoms with Crippen molar-refractivity contribution < 1.29 is 4.79 Å². The van der Waals surface area contributed by atoms with Gasteiger partial charge in [-0.05, 0) is 43.2 Å². The van der Waals surface area contributed by atoms with Gasteiger partial charge in [0, 0.05) is 29.9 Å². The fraction of sp³-hybridized carbons (Fsp3) is 0.333. The summed E-state index contributed by atoms with van der Waals surface area (Å²) < 4.78 is 0. The molecule has 1 aromatic carbocycles. The van der Waals surface area contributed by atoms with Crippen LogP contribution in [0.2, 0.25) is 10.0 Å². The summed E-state index contributed by atoms with van der Waals surface area (Å²) in [5.74, 6) is 0.624. The Hall–Kier alpha value is -1.78. The molecule has 2 heterocycles. The van der Waals surface area contributed by atoms with Crippen molar-refractivity contribution in [1.29, 1.82) is 0 Å². The van der Waals surface area contributed by atoms with E-state index in [1.54, 1.807) is 30.5 Å². The first-order chi connectivity index (χ1) is 11.6. The number of aromatic nitrogens is 1. The largest absolute Gasteiger partial charge is 0.357 e. The number of benzene rings is 1. The molecule has 0 atom stereocenters. The molecule has 6 heteroatoms. The lowest BCUT2D eigenvalue weighted by Gasteiger charge is -2.21. The van der Waals surface area contributed by atoms with Gasteiger partial charge in [-0.1, -0.05) is 36.0 Å². The van der Waals surface area contributed by atoms with Gasteiger partial charge in [-0.25, -0.2) is 4.98 Å². The van der Waals surface area contributed by atoms with E-state index in [0.29, 0.717) is 21.3 Å². The van der Waals surface area contributed by atoms with Gasteiger partial charge in [0.1, 0.15) is 5.82 Å². The number of rotatable bonds is 3. The molecule has 0 saturated carbocycles. The lowest BCUT2D eigenvalue weighted by atomic mass is 10.2. The highest BCUT2D eigenvalue weighted by molar-refractivity contribution is 6.35. The smallest absolute Gasteiger partial charge is 0.255 e. The van der Waals surface area contributed by atoms with E-state index in [9.17, 15) is 4.79 Å². The molecule has 0 spiro atoms. The molecule has 1 aromatic heterocycles. The Balaban J connectivity index is 1.77. The van der Waals surface area contributed by atoms with Crippen molar-refractivity contribution in [2.24, 2.45) is 0 Å². The summed E-state index contributed by atoms with van der Waals surface area (Å²) in [6.45, 7) is 1.97. The first-order valence-corrected chi connectivity index (χ1v) is 8.86. The van der Waals surface area contributed by atoms with Gasteiger partial charge in [-0.3, -0.25) is 4.79 Å². The summed E-state index contributed by atoms with van der Waals surface area (Å²) in [5.41, 5.74) is 1.06. The number of carbonyl (C=O) groups is 1. The van der Waals surface area contributed by atoms with E-state index >= 15 is 0 Å². The van der Waals surface area contributed by atoms with E-state index in [1.807, 2.05) is 6.07 Å². The Morgan fingerprint density at radius 3 is 2.54 bits per heavy atom. The molecule has 126 valence electrons. The summed E-state index contributed by atoms with van der Waals surface area (Å²) in [5, 5.41) is 3.78. The fourth-order valence-electron chi connectivity index (χ4n) is 2.82. The summed E-state index contributed by atoms with van der Waals surface area (Å²) >= 11 is 12.1. The van der Waals surface area contributed by atoms with Crippen LogP contribution >= 0.6 is 23.2 Å². The number of nitrogens with one attached hydrogen (secondary N) is 1. The van der Waals surface area contributed by atoms with Crippen molar-refractivity contribution in [3.8, 4) is 0 Å². The number of carbonyl (C=O) groups excluding carboxylic acids is 1. The second-order valence-corrected chi connectivity index (χ2v) is 6.73. The Labute approximate surface area is 151 Å². The minimum atomic E-state index is -0.224. The van der Waals surface area contributed by atoms with E-state index < -0.39 is 0 Å². The predicted octanol–water partition coefficient (Wildman–Crippen LogP) is 5.02.